The van der Waals surface area contributed by atoms with Crippen LogP contribution in [0.15, 0.2) is 4.52 Å². The highest BCUT2D eigenvalue weighted by Gasteiger charge is 2.41. The molecule has 1 saturated carbocycles. The van der Waals surface area contributed by atoms with Crippen molar-refractivity contribution in [1.29, 1.82) is 0 Å². The van der Waals surface area contributed by atoms with Crippen molar-refractivity contribution in [3.05, 3.63) is 11.7 Å². The van der Waals surface area contributed by atoms with Gasteiger partial charge in [0.1, 0.15) is 0 Å². The van der Waals surface area contributed by atoms with Gasteiger partial charge in [-0.05, 0) is 25.2 Å². The summed E-state index contributed by atoms with van der Waals surface area (Å²) in [7, 11) is 0. The molecule has 5 nitrogen and oxygen atoms in total. The number of rotatable bonds is 5. The quantitative estimate of drug-likeness (QED) is 0.837. The van der Waals surface area contributed by atoms with E-state index < -0.39 is 6.04 Å². The number of aliphatic hydroxyl groups excluding tert-OH is 1. The normalized spacial score (nSPS) is 20.5. The predicted molar refractivity (Wildman–Crippen MR) is 67.9 cm³/mol. The molecule has 1 heterocycles. The Hall–Kier alpha value is -0.940. The monoisotopic (exact) mass is 253 g/mol. The van der Waals surface area contributed by atoms with Gasteiger partial charge >= 0.3 is 0 Å². The van der Waals surface area contributed by atoms with Gasteiger partial charge in [0.05, 0.1) is 12.6 Å². The minimum Gasteiger partial charge on any atom is -0.394 e. The first kappa shape index (κ1) is 13.5. The summed E-state index contributed by atoms with van der Waals surface area (Å²) in [5, 5.41) is 12.9. The Balaban J connectivity index is 2.23. The van der Waals surface area contributed by atoms with Crippen LogP contribution in [0.2, 0.25) is 0 Å². The van der Waals surface area contributed by atoms with E-state index in [0.717, 1.165) is 19.3 Å². The predicted octanol–water partition coefficient (Wildman–Crippen LogP) is 1.92. The summed E-state index contributed by atoms with van der Waals surface area (Å²) in [5.74, 6) is 1.74. The summed E-state index contributed by atoms with van der Waals surface area (Å²) in [6.07, 6.45) is 5.73. The molecular formula is C13H23N3O2. The molecule has 0 aromatic carbocycles. The Labute approximate surface area is 108 Å². The molecule has 1 aliphatic carbocycles. The van der Waals surface area contributed by atoms with Crippen molar-refractivity contribution in [3.63, 3.8) is 0 Å². The van der Waals surface area contributed by atoms with Crippen molar-refractivity contribution < 1.29 is 9.63 Å². The van der Waals surface area contributed by atoms with E-state index in [1.165, 1.54) is 12.8 Å². The largest absolute Gasteiger partial charge is 0.394 e. The Morgan fingerprint density at radius 3 is 2.61 bits per heavy atom. The van der Waals surface area contributed by atoms with E-state index in [9.17, 15) is 0 Å². The van der Waals surface area contributed by atoms with Crippen LogP contribution < -0.4 is 5.73 Å². The first-order valence-electron chi connectivity index (χ1n) is 6.78. The Morgan fingerprint density at radius 1 is 1.39 bits per heavy atom. The molecule has 1 atom stereocenters. The lowest BCUT2D eigenvalue weighted by molar-refractivity contribution is 0.240. The second kappa shape index (κ2) is 5.36. The SMILES string of the molecule is CC(C)CC1(c2nc(C(N)CO)no2)CCCC1. The summed E-state index contributed by atoms with van der Waals surface area (Å²) in [4.78, 5) is 4.43. The molecule has 0 bridgehead atoms. The molecule has 1 unspecified atom stereocenters. The smallest absolute Gasteiger partial charge is 0.232 e. The minimum atomic E-state index is -0.542. The topological polar surface area (TPSA) is 85.2 Å². The molecule has 5 heteroatoms. The molecule has 1 aromatic heterocycles. The van der Waals surface area contributed by atoms with E-state index in [0.29, 0.717) is 17.6 Å². The van der Waals surface area contributed by atoms with E-state index in [-0.39, 0.29) is 12.0 Å². The number of hydrogen-bond acceptors (Lipinski definition) is 5. The standard InChI is InChI=1S/C13H23N3O2/c1-9(2)7-13(5-3-4-6-13)12-15-11(16-18-12)10(14)8-17/h9-10,17H,3-8,14H2,1-2H3. The zero-order chi connectivity index (χ0) is 13.2. The third-order valence-corrected chi connectivity index (χ3v) is 3.78. The molecule has 18 heavy (non-hydrogen) atoms. The van der Waals surface area contributed by atoms with Gasteiger partial charge in [-0.25, -0.2) is 0 Å². The fourth-order valence-electron chi connectivity index (χ4n) is 3.02. The molecule has 1 aromatic rings. The maximum atomic E-state index is 9.03. The molecule has 3 N–H and O–H groups in total. The van der Waals surface area contributed by atoms with Gasteiger partial charge in [0, 0.05) is 5.41 Å². The summed E-state index contributed by atoms with van der Waals surface area (Å²) in [6.45, 7) is 4.28. The number of nitrogens with zero attached hydrogens (tertiary/aromatic N) is 2. The van der Waals surface area contributed by atoms with E-state index in [4.69, 9.17) is 15.4 Å². The molecule has 1 fully saturated rings. The van der Waals surface area contributed by atoms with E-state index in [1.54, 1.807) is 0 Å². The first-order valence-corrected chi connectivity index (χ1v) is 6.78. The maximum Gasteiger partial charge on any atom is 0.232 e. The van der Waals surface area contributed by atoms with E-state index >= 15 is 0 Å². The van der Waals surface area contributed by atoms with Crippen LogP contribution >= 0.6 is 0 Å². The fraction of sp³-hybridized carbons (Fsp3) is 0.846. The molecule has 0 radical (unpaired) electrons. The summed E-state index contributed by atoms with van der Waals surface area (Å²) < 4.78 is 5.42. The number of hydrogen-bond donors (Lipinski definition) is 2. The molecular weight excluding hydrogens is 230 g/mol. The lowest BCUT2D eigenvalue weighted by Crippen LogP contribution is -2.25. The number of nitrogens with two attached hydrogens (primary N) is 1. The van der Waals surface area contributed by atoms with Gasteiger partial charge in [0.15, 0.2) is 5.82 Å². The van der Waals surface area contributed by atoms with Crippen LogP contribution in [0, 0.1) is 5.92 Å². The third-order valence-electron chi connectivity index (χ3n) is 3.78. The Kier molecular flexibility index (Phi) is 4.02. The van der Waals surface area contributed by atoms with Crippen LogP contribution in [0.5, 0.6) is 0 Å². The highest BCUT2D eigenvalue weighted by Crippen LogP contribution is 2.44. The lowest BCUT2D eigenvalue weighted by Gasteiger charge is -2.26. The number of aliphatic hydroxyl groups is 1. The van der Waals surface area contributed by atoms with Crippen molar-refractivity contribution >= 4 is 0 Å². The van der Waals surface area contributed by atoms with Crippen LogP contribution in [0.25, 0.3) is 0 Å². The Morgan fingerprint density at radius 2 is 2.06 bits per heavy atom. The van der Waals surface area contributed by atoms with Crippen molar-refractivity contribution in [2.24, 2.45) is 11.7 Å². The van der Waals surface area contributed by atoms with Gasteiger partial charge in [-0.15, -0.1) is 0 Å². The van der Waals surface area contributed by atoms with Crippen LogP contribution in [0.1, 0.15) is 63.7 Å². The van der Waals surface area contributed by atoms with Gasteiger partial charge in [-0.3, -0.25) is 0 Å². The molecule has 0 aliphatic heterocycles. The van der Waals surface area contributed by atoms with Crippen LogP contribution in [-0.4, -0.2) is 21.9 Å². The zero-order valence-electron chi connectivity index (χ0n) is 11.2. The zero-order valence-corrected chi connectivity index (χ0v) is 11.2. The minimum absolute atomic E-state index is 0.0363. The Bertz CT molecular complexity index is 383. The summed E-state index contributed by atoms with van der Waals surface area (Å²) in [5.41, 5.74) is 5.75. The second-order valence-corrected chi connectivity index (χ2v) is 5.83. The average molecular weight is 253 g/mol. The van der Waals surface area contributed by atoms with Gasteiger partial charge in [0.25, 0.3) is 0 Å². The molecule has 102 valence electrons. The highest BCUT2D eigenvalue weighted by atomic mass is 16.5. The molecule has 0 spiro atoms. The molecule has 1 aliphatic rings. The number of aromatic nitrogens is 2. The average Bonchev–Trinajstić information content (AvgIpc) is 2.96. The molecule has 0 amide bonds. The summed E-state index contributed by atoms with van der Waals surface area (Å²) in [6, 6.07) is -0.542. The highest BCUT2D eigenvalue weighted by molar-refractivity contribution is 5.09. The molecule has 0 saturated heterocycles. The molecule has 2 rings (SSSR count). The second-order valence-electron chi connectivity index (χ2n) is 5.83. The van der Waals surface area contributed by atoms with Crippen molar-refractivity contribution in [2.75, 3.05) is 6.61 Å². The van der Waals surface area contributed by atoms with Gasteiger partial charge in [0.2, 0.25) is 5.89 Å². The summed E-state index contributed by atoms with van der Waals surface area (Å²) >= 11 is 0. The third kappa shape index (κ3) is 2.57. The first-order chi connectivity index (χ1) is 8.57. The van der Waals surface area contributed by atoms with Gasteiger partial charge < -0.3 is 15.4 Å². The van der Waals surface area contributed by atoms with E-state index in [1.807, 2.05) is 0 Å². The van der Waals surface area contributed by atoms with Crippen molar-refractivity contribution in [3.8, 4) is 0 Å². The van der Waals surface area contributed by atoms with Gasteiger partial charge in [-0.1, -0.05) is 31.8 Å². The maximum absolute atomic E-state index is 9.03. The van der Waals surface area contributed by atoms with Crippen molar-refractivity contribution in [1.82, 2.24) is 10.1 Å². The van der Waals surface area contributed by atoms with E-state index in [2.05, 4.69) is 24.0 Å². The fourth-order valence-corrected chi connectivity index (χ4v) is 3.02. The van der Waals surface area contributed by atoms with Crippen molar-refractivity contribution in [2.45, 2.75) is 57.4 Å². The van der Waals surface area contributed by atoms with Gasteiger partial charge in [-0.2, -0.15) is 4.98 Å². The lowest BCUT2D eigenvalue weighted by atomic mass is 9.78. The van der Waals surface area contributed by atoms with Crippen LogP contribution in [0.4, 0.5) is 0 Å². The van der Waals surface area contributed by atoms with Crippen LogP contribution in [0.3, 0.4) is 0 Å². The van der Waals surface area contributed by atoms with Crippen LogP contribution in [-0.2, 0) is 5.41 Å².